The van der Waals surface area contributed by atoms with Crippen molar-refractivity contribution < 1.29 is 14.3 Å². The van der Waals surface area contributed by atoms with E-state index in [1.807, 2.05) is 44.3 Å². The first-order chi connectivity index (χ1) is 12.5. The Morgan fingerprint density at radius 1 is 1.27 bits per heavy atom. The third-order valence-corrected chi connectivity index (χ3v) is 4.75. The molecular formula is C19H20N4O3. The summed E-state index contributed by atoms with van der Waals surface area (Å²) >= 11 is 0. The van der Waals surface area contributed by atoms with Crippen molar-refractivity contribution >= 4 is 5.91 Å². The molecule has 3 aromatic rings. The molecule has 0 aliphatic heterocycles. The van der Waals surface area contributed by atoms with Crippen LogP contribution in [0.15, 0.2) is 47.5 Å². The van der Waals surface area contributed by atoms with Crippen LogP contribution in [0.2, 0.25) is 0 Å². The van der Waals surface area contributed by atoms with Gasteiger partial charge in [-0.05, 0) is 25.8 Å². The van der Waals surface area contributed by atoms with E-state index in [4.69, 9.17) is 4.42 Å². The highest BCUT2D eigenvalue weighted by Crippen LogP contribution is 2.33. The zero-order valence-electron chi connectivity index (χ0n) is 14.6. The third-order valence-electron chi connectivity index (χ3n) is 4.75. The van der Waals surface area contributed by atoms with Crippen LogP contribution < -0.4 is 5.32 Å². The summed E-state index contributed by atoms with van der Waals surface area (Å²) in [6.07, 6.45) is 4.81. The Morgan fingerprint density at radius 3 is 2.69 bits per heavy atom. The zero-order valence-corrected chi connectivity index (χ0v) is 14.6. The number of aliphatic hydroxyl groups excluding tert-OH is 1. The van der Waals surface area contributed by atoms with Gasteiger partial charge < -0.3 is 14.8 Å². The number of hydrogen-bond donors (Lipinski definition) is 2. The van der Waals surface area contributed by atoms with E-state index in [2.05, 4.69) is 15.4 Å². The van der Waals surface area contributed by atoms with Crippen LogP contribution in [0.25, 0.3) is 11.3 Å². The van der Waals surface area contributed by atoms with E-state index in [1.165, 1.54) is 6.39 Å². The zero-order chi connectivity index (χ0) is 18.3. The summed E-state index contributed by atoms with van der Waals surface area (Å²) in [4.78, 5) is 16.8. The van der Waals surface area contributed by atoms with E-state index in [0.29, 0.717) is 12.2 Å². The molecule has 1 aliphatic carbocycles. The van der Waals surface area contributed by atoms with Crippen molar-refractivity contribution in [3.8, 4) is 11.3 Å². The molecule has 134 valence electrons. The molecule has 0 saturated heterocycles. The molecule has 2 heterocycles. The second kappa shape index (κ2) is 6.42. The molecule has 3 atom stereocenters. The van der Waals surface area contributed by atoms with Gasteiger partial charge in [0.2, 0.25) is 0 Å². The van der Waals surface area contributed by atoms with Gasteiger partial charge in [-0.2, -0.15) is 5.10 Å². The van der Waals surface area contributed by atoms with Crippen LogP contribution in [0.4, 0.5) is 0 Å². The summed E-state index contributed by atoms with van der Waals surface area (Å²) in [6.45, 7) is 3.93. The third kappa shape index (κ3) is 2.90. The second-order valence-corrected chi connectivity index (χ2v) is 6.77. The number of nitrogens with zero attached hydrogens (tertiary/aromatic N) is 3. The minimum absolute atomic E-state index is 0.209. The molecule has 0 radical (unpaired) electrons. The molecule has 7 nitrogen and oxygen atoms in total. The average Bonchev–Trinajstić information content (AvgIpc) is 3.24. The molecule has 0 bridgehead atoms. The van der Waals surface area contributed by atoms with E-state index in [9.17, 15) is 9.90 Å². The number of carbonyl (C=O) groups is 1. The van der Waals surface area contributed by atoms with Crippen LogP contribution in [-0.4, -0.2) is 37.9 Å². The summed E-state index contributed by atoms with van der Waals surface area (Å²) in [7, 11) is 0. The Morgan fingerprint density at radius 2 is 2.04 bits per heavy atom. The molecular weight excluding hydrogens is 332 g/mol. The topological polar surface area (TPSA) is 93.2 Å². The fraction of sp³-hybridized carbons (Fsp3) is 0.316. The van der Waals surface area contributed by atoms with E-state index in [-0.39, 0.29) is 23.7 Å². The molecule has 4 rings (SSSR count). The van der Waals surface area contributed by atoms with Crippen LogP contribution in [-0.2, 0) is 0 Å². The number of aromatic nitrogens is 3. The maximum Gasteiger partial charge on any atom is 0.274 e. The number of carbonyl (C=O) groups excluding carboxylic acids is 1. The number of aryl methyl sites for hydroxylation is 2. The number of nitrogens with one attached hydrogen (secondary N) is 1. The predicted molar refractivity (Wildman–Crippen MR) is 94.6 cm³/mol. The van der Waals surface area contributed by atoms with Crippen molar-refractivity contribution in [2.24, 2.45) is 0 Å². The van der Waals surface area contributed by atoms with Gasteiger partial charge in [0.25, 0.3) is 5.91 Å². The molecule has 1 amide bonds. The fourth-order valence-electron chi connectivity index (χ4n) is 3.27. The Kier molecular flexibility index (Phi) is 4.08. The summed E-state index contributed by atoms with van der Waals surface area (Å²) in [5, 5.41) is 17.3. The Hall–Kier alpha value is -2.93. The lowest BCUT2D eigenvalue weighted by Crippen LogP contribution is -2.56. The van der Waals surface area contributed by atoms with Gasteiger partial charge in [0.1, 0.15) is 0 Å². The van der Waals surface area contributed by atoms with E-state index >= 15 is 0 Å². The predicted octanol–water partition coefficient (Wildman–Crippen LogP) is 2.26. The van der Waals surface area contributed by atoms with Crippen molar-refractivity contribution in [1.82, 2.24) is 20.1 Å². The quantitative estimate of drug-likeness (QED) is 0.751. The average molecular weight is 352 g/mol. The first kappa shape index (κ1) is 16.5. The van der Waals surface area contributed by atoms with Crippen molar-refractivity contribution in [2.75, 3.05) is 0 Å². The van der Waals surface area contributed by atoms with Crippen molar-refractivity contribution in [3.63, 3.8) is 0 Å². The molecule has 1 aromatic carbocycles. The normalized spacial score (nSPS) is 22.0. The van der Waals surface area contributed by atoms with Crippen molar-refractivity contribution in [3.05, 3.63) is 59.9 Å². The minimum atomic E-state index is -0.534. The van der Waals surface area contributed by atoms with Gasteiger partial charge in [0, 0.05) is 11.8 Å². The largest absolute Gasteiger partial charge is 0.443 e. The lowest BCUT2D eigenvalue weighted by atomic mass is 9.83. The van der Waals surface area contributed by atoms with Crippen LogP contribution >= 0.6 is 0 Å². The van der Waals surface area contributed by atoms with Gasteiger partial charge in [-0.3, -0.25) is 9.48 Å². The summed E-state index contributed by atoms with van der Waals surface area (Å²) in [5.41, 5.74) is 3.17. The van der Waals surface area contributed by atoms with Crippen LogP contribution in [0.5, 0.6) is 0 Å². The Labute approximate surface area is 150 Å². The summed E-state index contributed by atoms with van der Waals surface area (Å²) in [5.74, 6) is 0.119. The van der Waals surface area contributed by atoms with Crippen molar-refractivity contribution in [2.45, 2.75) is 38.5 Å². The monoisotopic (exact) mass is 352 g/mol. The fourth-order valence-corrected chi connectivity index (χ4v) is 3.27. The highest BCUT2D eigenvalue weighted by Gasteiger charge is 2.43. The van der Waals surface area contributed by atoms with Gasteiger partial charge >= 0.3 is 0 Å². The first-order valence-corrected chi connectivity index (χ1v) is 8.53. The summed E-state index contributed by atoms with van der Waals surface area (Å²) in [6, 6.07) is 7.22. The number of benzene rings is 1. The molecule has 1 fully saturated rings. The standard InChI is InChI=1S/C19H20N4O3/c1-11-3-5-13(6-4-11)18-16(20-10-26-18)19(25)22-14-7-15(24)17(14)23-9-12(2)8-21-23/h3-6,8-10,14-15,17,24H,7H2,1-2H3,(H,22,25)/t14-,15+,17+/m0/s1. The maximum atomic E-state index is 12.7. The molecule has 1 aliphatic rings. The molecule has 2 N–H and O–H groups in total. The molecule has 0 unspecified atom stereocenters. The molecule has 26 heavy (non-hydrogen) atoms. The molecule has 1 saturated carbocycles. The van der Waals surface area contributed by atoms with Gasteiger partial charge in [-0.1, -0.05) is 29.8 Å². The van der Waals surface area contributed by atoms with Crippen LogP contribution in [0, 0.1) is 13.8 Å². The van der Waals surface area contributed by atoms with Crippen LogP contribution in [0.1, 0.15) is 34.1 Å². The van der Waals surface area contributed by atoms with Gasteiger partial charge in [0.05, 0.1) is 24.4 Å². The highest BCUT2D eigenvalue weighted by atomic mass is 16.3. The highest BCUT2D eigenvalue weighted by molar-refractivity contribution is 5.97. The Balaban J connectivity index is 1.52. The van der Waals surface area contributed by atoms with Gasteiger partial charge in [-0.15, -0.1) is 0 Å². The Bertz CT molecular complexity index is 928. The lowest BCUT2D eigenvalue weighted by molar-refractivity contribution is -0.00595. The number of amides is 1. The van der Waals surface area contributed by atoms with E-state index in [1.54, 1.807) is 10.9 Å². The minimum Gasteiger partial charge on any atom is -0.443 e. The van der Waals surface area contributed by atoms with Crippen molar-refractivity contribution in [1.29, 1.82) is 0 Å². The van der Waals surface area contributed by atoms with Crippen LogP contribution in [0.3, 0.4) is 0 Å². The molecule has 0 spiro atoms. The number of oxazole rings is 1. The van der Waals surface area contributed by atoms with Gasteiger partial charge in [0.15, 0.2) is 17.8 Å². The number of rotatable bonds is 4. The maximum absolute atomic E-state index is 12.7. The van der Waals surface area contributed by atoms with Gasteiger partial charge in [-0.25, -0.2) is 4.98 Å². The molecule has 2 aromatic heterocycles. The SMILES string of the molecule is Cc1ccc(-c2ocnc2C(=O)N[C@H]2C[C@@H](O)[C@@H]2n2cc(C)cn2)cc1. The van der Waals surface area contributed by atoms with E-state index in [0.717, 1.165) is 16.7 Å². The molecule has 7 heteroatoms. The first-order valence-electron chi connectivity index (χ1n) is 8.53. The lowest BCUT2D eigenvalue weighted by Gasteiger charge is -2.41. The smallest absolute Gasteiger partial charge is 0.274 e. The number of aliphatic hydroxyl groups is 1. The second-order valence-electron chi connectivity index (χ2n) is 6.77. The van der Waals surface area contributed by atoms with E-state index < -0.39 is 6.10 Å². The summed E-state index contributed by atoms with van der Waals surface area (Å²) < 4.78 is 7.15. The number of hydrogen-bond acceptors (Lipinski definition) is 5.